The standard InChI is InChI=1S/C9H9F2NO2/c1-12(9(14)5-13)8-4-6(10)2-3-7(8)11/h2-4,13H,5H2,1H3. The molecular weight excluding hydrogens is 192 g/mol. The zero-order valence-corrected chi connectivity index (χ0v) is 7.50. The molecule has 0 bridgehead atoms. The molecule has 1 aromatic rings. The highest BCUT2D eigenvalue weighted by Gasteiger charge is 2.14. The average Bonchev–Trinajstić information content (AvgIpc) is 2.19. The molecule has 0 aromatic heterocycles. The highest BCUT2D eigenvalue weighted by Crippen LogP contribution is 2.18. The van der Waals surface area contributed by atoms with E-state index >= 15 is 0 Å². The Morgan fingerprint density at radius 2 is 2.14 bits per heavy atom. The lowest BCUT2D eigenvalue weighted by molar-refractivity contribution is -0.121. The van der Waals surface area contributed by atoms with E-state index < -0.39 is 24.1 Å². The molecule has 1 rings (SSSR count). The molecule has 3 nitrogen and oxygen atoms in total. The summed E-state index contributed by atoms with van der Waals surface area (Å²) in [6, 6.07) is 2.77. The van der Waals surface area contributed by atoms with Crippen molar-refractivity contribution >= 4 is 11.6 Å². The molecule has 0 radical (unpaired) electrons. The summed E-state index contributed by atoms with van der Waals surface area (Å²) < 4.78 is 25.8. The Kier molecular flexibility index (Phi) is 3.14. The summed E-state index contributed by atoms with van der Waals surface area (Å²) in [6.07, 6.45) is 0. The number of aliphatic hydroxyl groups excluding tert-OH is 1. The van der Waals surface area contributed by atoms with Crippen molar-refractivity contribution in [2.75, 3.05) is 18.6 Å². The van der Waals surface area contributed by atoms with Crippen LogP contribution >= 0.6 is 0 Å². The Hall–Kier alpha value is -1.49. The maximum absolute atomic E-state index is 13.1. The van der Waals surface area contributed by atoms with Crippen molar-refractivity contribution in [3.05, 3.63) is 29.8 Å². The third-order valence-electron chi connectivity index (χ3n) is 1.78. The zero-order chi connectivity index (χ0) is 10.7. The largest absolute Gasteiger partial charge is 0.387 e. The van der Waals surface area contributed by atoms with E-state index in [9.17, 15) is 13.6 Å². The fraction of sp³-hybridized carbons (Fsp3) is 0.222. The average molecular weight is 201 g/mol. The highest BCUT2D eigenvalue weighted by molar-refractivity contribution is 5.93. The van der Waals surface area contributed by atoms with Crippen LogP contribution in [0, 0.1) is 11.6 Å². The highest BCUT2D eigenvalue weighted by atomic mass is 19.1. The molecular formula is C9H9F2NO2. The Labute approximate surface area is 79.6 Å². The van der Waals surface area contributed by atoms with E-state index in [4.69, 9.17) is 5.11 Å². The van der Waals surface area contributed by atoms with Crippen molar-refractivity contribution in [2.24, 2.45) is 0 Å². The lowest BCUT2D eigenvalue weighted by atomic mass is 10.2. The minimum atomic E-state index is -0.744. The van der Waals surface area contributed by atoms with Crippen molar-refractivity contribution in [2.45, 2.75) is 0 Å². The van der Waals surface area contributed by atoms with Crippen LogP contribution in [0.1, 0.15) is 0 Å². The number of hydrogen-bond donors (Lipinski definition) is 1. The summed E-state index contributed by atoms with van der Waals surface area (Å²) in [4.78, 5) is 11.8. The molecule has 0 unspecified atom stereocenters. The Morgan fingerprint density at radius 1 is 1.50 bits per heavy atom. The van der Waals surface area contributed by atoms with Gasteiger partial charge in [-0.15, -0.1) is 0 Å². The van der Waals surface area contributed by atoms with Crippen molar-refractivity contribution in [1.82, 2.24) is 0 Å². The number of carbonyl (C=O) groups is 1. The monoisotopic (exact) mass is 201 g/mol. The van der Waals surface area contributed by atoms with Gasteiger partial charge in [0.1, 0.15) is 18.2 Å². The number of benzene rings is 1. The normalized spacial score (nSPS) is 10.0. The second kappa shape index (κ2) is 4.15. The minimum Gasteiger partial charge on any atom is -0.387 e. The molecule has 0 atom stereocenters. The Morgan fingerprint density at radius 3 is 2.71 bits per heavy atom. The van der Waals surface area contributed by atoms with Gasteiger partial charge in [0.25, 0.3) is 5.91 Å². The maximum Gasteiger partial charge on any atom is 0.252 e. The fourth-order valence-electron chi connectivity index (χ4n) is 0.983. The molecule has 0 fully saturated rings. The first-order chi connectivity index (χ1) is 6.56. The summed E-state index contributed by atoms with van der Waals surface area (Å²) in [7, 11) is 1.26. The van der Waals surface area contributed by atoms with Gasteiger partial charge in [-0.25, -0.2) is 8.78 Å². The number of nitrogens with zero attached hydrogens (tertiary/aromatic N) is 1. The van der Waals surface area contributed by atoms with Crippen molar-refractivity contribution in [1.29, 1.82) is 0 Å². The quantitative estimate of drug-likeness (QED) is 0.772. The summed E-state index contributed by atoms with van der Waals surface area (Å²) in [6.45, 7) is -0.744. The van der Waals surface area contributed by atoms with Crippen LogP contribution in [0.4, 0.5) is 14.5 Å². The van der Waals surface area contributed by atoms with E-state index in [-0.39, 0.29) is 5.69 Å². The summed E-state index contributed by atoms with van der Waals surface area (Å²) in [5.41, 5.74) is -0.191. The Balaban J connectivity index is 3.05. The van der Waals surface area contributed by atoms with Gasteiger partial charge in [-0.1, -0.05) is 0 Å². The van der Waals surface area contributed by atoms with E-state index in [0.717, 1.165) is 23.1 Å². The van der Waals surface area contributed by atoms with Gasteiger partial charge < -0.3 is 10.0 Å². The number of aliphatic hydroxyl groups is 1. The van der Waals surface area contributed by atoms with Gasteiger partial charge in [0.15, 0.2) is 0 Å². The molecule has 0 saturated carbocycles. The van der Waals surface area contributed by atoms with Crippen LogP contribution in [0.3, 0.4) is 0 Å². The topological polar surface area (TPSA) is 40.5 Å². The number of anilines is 1. The second-order valence-corrected chi connectivity index (χ2v) is 2.71. The lowest BCUT2D eigenvalue weighted by Crippen LogP contribution is -2.29. The van der Waals surface area contributed by atoms with Gasteiger partial charge in [-0.2, -0.15) is 0 Å². The first-order valence-electron chi connectivity index (χ1n) is 3.88. The molecule has 0 saturated heterocycles. The predicted octanol–water partition coefficient (Wildman–Crippen LogP) is 0.920. The van der Waals surface area contributed by atoms with Crippen LogP contribution in [-0.2, 0) is 4.79 Å². The van der Waals surface area contributed by atoms with Gasteiger partial charge in [-0.05, 0) is 12.1 Å². The molecule has 0 spiro atoms. The van der Waals surface area contributed by atoms with Crippen LogP contribution in [0.5, 0.6) is 0 Å². The van der Waals surface area contributed by atoms with Crippen molar-refractivity contribution < 1.29 is 18.7 Å². The van der Waals surface area contributed by atoms with Crippen molar-refractivity contribution in [3.63, 3.8) is 0 Å². The van der Waals surface area contributed by atoms with Gasteiger partial charge >= 0.3 is 0 Å². The number of carbonyl (C=O) groups excluding carboxylic acids is 1. The second-order valence-electron chi connectivity index (χ2n) is 2.71. The van der Waals surface area contributed by atoms with Crippen LogP contribution in [0.2, 0.25) is 0 Å². The van der Waals surface area contributed by atoms with Crippen LogP contribution in [0.15, 0.2) is 18.2 Å². The molecule has 14 heavy (non-hydrogen) atoms. The number of rotatable bonds is 2. The van der Waals surface area contributed by atoms with E-state index in [1.165, 1.54) is 7.05 Å². The number of hydrogen-bond acceptors (Lipinski definition) is 2. The molecule has 1 aromatic carbocycles. The molecule has 0 aliphatic heterocycles. The van der Waals surface area contributed by atoms with E-state index in [2.05, 4.69) is 0 Å². The minimum absolute atomic E-state index is 0.191. The molecule has 0 aliphatic rings. The molecule has 0 aliphatic carbocycles. The zero-order valence-electron chi connectivity index (χ0n) is 7.50. The third kappa shape index (κ3) is 2.05. The number of halogens is 2. The number of amides is 1. The molecule has 1 amide bonds. The van der Waals surface area contributed by atoms with Gasteiger partial charge in [-0.3, -0.25) is 4.79 Å². The third-order valence-corrected chi connectivity index (χ3v) is 1.78. The first-order valence-corrected chi connectivity index (χ1v) is 3.88. The molecule has 76 valence electrons. The lowest BCUT2D eigenvalue weighted by Gasteiger charge is -2.16. The summed E-state index contributed by atoms with van der Waals surface area (Å²) in [5.74, 6) is -2.05. The van der Waals surface area contributed by atoms with Crippen LogP contribution in [0.25, 0.3) is 0 Å². The smallest absolute Gasteiger partial charge is 0.252 e. The molecule has 1 N–H and O–H groups in total. The van der Waals surface area contributed by atoms with E-state index in [0.29, 0.717) is 0 Å². The Bertz CT molecular complexity index is 355. The maximum atomic E-state index is 13.1. The summed E-state index contributed by atoms with van der Waals surface area (Å²) >= 11 is 0. The number of likely N-dealkylation sites (N-methyl/N-ethyl adjacent to an activating group) is 1. The summed E-state index contributed by atoms with van der Waals surface area (Å²) in [5, 5.41) is 8.52. The van der Waals surface area contributed by atoms with Gasteiger partial charge in [0.2, 0.25) is 0 Å². The SMILES string of the molecule is CN(C(=O)CO)c1cc(F)ccc1F. The van der Waals surface area contributed by atoms with E-state index in [1.807, 2.05) is 0 Å². The van der Waals surface area contributed by atoms with E-state index in [1.54, 1.807) is 0 Å². The fourth-order valence-corrected chi connectivity index (χ4v) is 0.983. The van der Waals surface area contributed by atoms with Gasteiger partial charge in [0, 0.05) is 13.1 Å². The van der Waals surface area contributed by atoms with Crippen LogP contribution < -0.4 is 4.90 Å². The van der Waals surface area contributed by atoms with Gasteiger partial charge in [0.05, 0.1) is 5.69 Å². The predicted molar refractivity (Wildman–Crippen MR) is 46.9 cm³/mol. The first kappa shape index (κ1) is 10.6. The molecule has 5 heteroatoms. The van der Waals surface area contributed by atoms with Crippen LogP contribution in [-0.4, -0.2) is 24.7 Å². The molecule has 0 heterocycles. The van der Waals surface area contributed by atoms with Crippen molar-refractivity contribution in [3.8, 4) is 0 Å².